The summed E-state index contributed by atoms with van der Waals surface area (Å²) in [6, 6.07) is 4.42. The van der Waals surface area contributed by atoms with Crippen LogP contribution in [0.15, 0.2) is 41.6 Å². The van der Waals surface area contributed by atoms with Crippen LogP contribution in [0.25, 0.3) is 16.7 Å². The highest BCUT2D eigenvalue weighted by atomic mass is 32.2. The minimum atomic E-state index is -3.12. The van der Waals surface area contributed by atoms with Gasteiger partial charge in [0.2, 0.25) is 10.0 Å². The van der Waals surface area contributed by atoms with Gasteiger partial charge in [0.05, 0.1) is 24.7 Å². The minimum Gasteiger partial charge on any atom is -0.458 e. The van der Waals surface area contributed by atoms with E-state index in [1.165, 1.54) is 6.26 Å². The van der Waals surface area contributed by atoms with Crippen LogP contribution in [-0.2, 0) is 14.8 Å². The van der Waals surface area contributed by atoms with Crippen molar-refractivity contribution in [3.8, 4) is 0 Å². The molecular weight excluding hydrogens is 468 g/mol. The summed E-state index contributed by atoms with van der Waals surface area (Å²) >= 11 is 0. The number of allylic oxidation sites excluding steroid dienone is 2. The smallest absolute Gasteiger partial charge is 0.282 e. The standard InChI is InChI=1S/C23H30N8O3S/c1-16-3-4-17(7-8-25-23(24)34-16)19-5-6-20-22(27-19)28-21(13-26-20)30-14-18(15-30)29-9-11-31(12-10-29)35(2,32)33/h3-7,13,16,18H,8-12,14-15H2,1-2H3,(H2,24,25). The van der Waals surface area contributed by atoms with Gasteiger partial charge in [0.25, 0.3) is 6.02 Å². The molecule has 0 aliphatic carbocycles. The van der Waals surface area contributed by atoms with Crippen LogP contribution in [0.2, 0.25) is 0 Å². The van der Waals surface area contributed by atoms with Crippen molar-refractivity contribution >= 4 is 38.6 Å². The van der Waals surface area contributed by atoms with E-state index in [4.69, 9.17) is 20.4 Å². The van der Waals surface area contributed by atoms with Gasteiger partial charge in [0.15, 0.2) is 5.65 Å². The van der Waals surface area contributed by atoms with Crippen molar-refractivity contribution < 1.29 is 13.2 Å². The van der Waals surface area contributed by atoms with Crippen molar-refractivity contribution in [1.29, 1.82) is 0 Å². The van der Waals surface area contributed by atoms with Gasteiger partial charge in [-0.25, -0.2) is 28.4 Å². The summed E-state index contributed by atoms with van der Waals surface area (Å²) in [5, 5.41) is 0. The van der Waals surface area contributed by atoms with E-state index in [2.05, 4.69) is 19.8 Å². The molecule has 2 aromatic heterocycles. The molecule has 35 heavy (non-hydrogen) atoms. The first-order chi connectivity index (χ1) is 16.8. The molecule has 11 nitrogen and oxygen atoms in total. The van der Waals surface area contributed by atoms with Gasteiger partial charge in [-0.3, -0.25) is 4.90 Å². The molecule has 12 heteroatoms. The second kappa shape index (κ2) is 9.51. The van der Waals surface area contributed by atoms with E-state index in [0.29, 0.717) is 31.3 Å². The molecule has 2 N–H and O–H groups in total. The Morgan fingerprint density at radius 3 is 2.63 bits per heavy atom. The lowest BCUT2D eigenvalue weighted by Gasteiger charge is -2.48. The number of piperazine rings is 1. The summed E-state index contributed by atoms with van der Waals surface area (Å²) < 4.78 is 30.5. The molecule has 2 saturated heterocycles. The lowest BCUT2D eigenvalue weighted by Crippen LogP contribution is -2.63. The molecule has 2 fully saturated rings. The highest BCUT2D eigenvalue weighted by molar-refractivity contribution is 7.88. The fourth-order valence-corrected chi connectivity index (χ4v) is 5.30. The van der Waals surface area contributed by atoms with E-state index in [1.807, 2.05) is 37.3 Å². The zero-order valence-corrected chi connectivity index (χ0v) is 20.7. The molecule has 5 rings (SSSR count). The summed E-state index contributed by atoms with van der Waals surface area (Å²) in [7, 11) is -3.12. The number of nitrogens with zero attached hydrogens (tertiary/aromatic N) is 7. The van der Waals surface area contributed by atoms with Gasteiger partial charge in [-0.05, 0) is 30.7 Å². The van der Waals surface area contributed by atoms with Gasteiger partial charge >= 0.3 is 0 Å². The molecule has 1 unspecified atom stereocenters. The molecule has 3 aliphatic rings. The molecule has 0 saturated carbocycles. The summed E-state index contributed by atoms with van der Waals surface area (Å²) in [5.41, 5.74) is 8.79. The third-order valence-electron chi connectivity index (χ3n) is 6.55. The molecule has 0 aromatic carbocycles. The van der Waals surface area contributed by atoms with E-state index in [-0.39, 0.29) is 12.1 Å². The first-order valence-electron chi connectivity index (χ1n) is 11.7. The third-order valence-corrected chi connectivity index (χ3v) is 7.85. The van der Waals surface area contributed by atoms with E-state index >= 15 is 0 Å². The topological polar surface area (TPSA) is 130 Å². The highest BCUT2D eigenvalue weighted by Gasteiger charge is 2.35. The monoisotopic (exact) mass is 498 g/mol. The number of ether oxygens (including phenoxy) is 1. The van der Waals surface area contributed by atoms with Crippen molar-refractivity contribution in [2.45, 2.75) is 19.1 Å². The number of nitrogens with two attached hydrogens (primary N) is 1. The number of anilines is 1. The normalized spacial score (nSPS) is 23.0. The average Bonchev–Trinajstić information content (AvgIpc) is 2.87. The maximum atomic E-state index is 11.7. The van der Waals surface area contributed by atoms with Gasteiger partial charge in [-0.1, -0.05) is 12.2 Å². The molecule has 186 valence electrons. The summed E-state index contributed by atoms with van der Waals surface area (Å²) in [4.78, 5) is 22.9. The van der Waals surface area contributed by atoms with Crippen LogP contribution < -0.4 is 10.6 Å². The molecule has 1 atom stereocenters. The Morgan fingerprint density at radius 2 is 1.89 bits per heavy atom. The van der Waals surface area contributed by atoms with E-state index in [1.54, 1.807) is 10.5 Å². The minimum absolute atomic E-state index is 0.173. The Bertz CT molecular complexity index is 1300. The number of amidine groups is 1. The molecule has 0 amide bonds. The van der Waals surface area contributed by atoms with Crippen LogP contribution in [0, 0.1) is 0 Å². The first kappa shape index (κ1) is 23.6. The molecule has 0 spiro atoms. The number of rotatable bonds is 4. The summed E-state index contributed by atoms with van der Waals surface area (Å²) in [6.45, 7) is 6.57. The molecule has 0 bridgehead atoms. The lowest BCUT2D eigenvalue weighted by molar-refractivity contribution is 0.117. The highest BCUT2D eigenvalue weighted by Crippen LogP contribution is 2.25. The Labute approximate surface area is 205 Å². The van der Waals surface area contributed by atoms with Gasteiger partial charge in [-0.2, -0.15) is 4.31 Å². The van der Waals surface area contributed by atoms with Crippen molar-refractivity contribution in [2.75, 3.05) is 57.0 Å². The van der Waals surface area contributed by atoms with Crippen molar-refractivity contribution in [1.82, 2.24) is 24.2 Å². The number of aliphatic imine (C=N–C) groups is 1. The maximum Gasteiger partial charge on any atom is 0.282 e. The van der Waals surface area contributed by atoms with Crippen LogP contribution >= 0.6 is 0 Å². The molecule has 2 aromatic rings. The maximum absolute atomic E-state index is 11.7. The Morgan fingerprint density at radius 1 is 1.11 bits per heavy atom. The Kier molecular flexibility index (Phi) is 6.43. The first-order valence-corrected chi connectivity index (χ1v) is 13.5. The molecule has 5 heterocycles. The Hall–Kier alpha value is -3.09. The predicted molar refractivity (Wildman–Crippen MR) is 135 cm³/mol. The Balaban J connectivity index is 1.28. The van der Waals surface area contributed by atoms with Gasteiger partial charge in [-0.15, -0.1) is 0 Å². The van der Waals surface area contributed by atoms with E-state index < -0.39 is 10.0 Å². The average molecular weight is 499 g/mol. The van der Waals surface area contributed by atoms with E-state index in [9.17, 15) is 8.42 Å². The fraction of sp³-hybridized carbons (Fsp3) is 0.478. The van der Waals surface area contributed by atoms with Crippen molar-refractivity contribution in [3.63, 3.8) is 0 Å². The van der Waals surface area contributed by atoms with Gasteiger partial charge in [0.1, 0.15) is 17.4 Å². The number of aromatic nitrogens is 3. The van der Waals surface area contributed by atoms with Crippen LogP contribution in [0.4, 0.5) is 5.82 Å². The number of fused-ring (bicyclic) bond motifs is 1. The second-order valence-corrected chi connectivity index (χ2v) is 11.0. The summed E-state index contributed by atoms with van der Waals surface area (Å²) in [5.74, 6) is 0.798. The molecule has 3 aliphatic heterocycles. The van der Waals surface area contributed by atoms with Crippen molar-refractivity contribution in [2.24, 2.45) is 10.7 Å². The van der Waals surface area contributed by atoms with Gasteiger partial charge < -0.3 is 15.4 Å². The second-order valence-electron chi connectivity index (χ2n) is 9.04. The van der Waals surface area contributed by atoms with Crippen molar-refractivity contribution in [3.05, 3.63) is 42.3 Å². The predicted octanol–water partition coefficient (Wildman–Crippen LogP) is 0.464. The zero-order valence-electron chi connectivity index (χ0n) is 19.9. The fourth-order valence-electron chi connectivity index (χ4n) is 4.47. The van der Waals surface area contributed by atoms with Crippen LogP contribution in [0.1, 0.15) is 12.6 Å². The molecular formula is C23H30N8O3S. The number of hydrogen-bond acceptors (Lipinski definition) is 10. The quantitative estimate of drug-likeness (QED) is 0.639. The number of hydrogen-bond donors (Lipinski definition) is 1. The number of sulfonamides is 1. The lowest BCUT2D eigenvalue weighted by atomic mass is 10.1. The zero-order chi connectivity index (χ0) is 24.6. The largest absolute Gasteiger partial charge is 0.458 e. The van der Waals surface area contributed by atoms with E-state index in [0.717, 1.165) is 48.8 Å². The molecule has 0 radical (unpaired) electrons. The third kappa shape index (κ3) is 5.29. The van der Waals surface area contributed by atoms with Crippen LogP contribution in [0.3, 0.4) is 0 Å². The SMILES string of the molecule is CC1C=CC(c2ccc3ncc(N4CC(N5CCN(S(C)(=O)=O)CC5)C4)nc3n2)=CCN=C(N)O1. The van der Waals surface area contributed by atoms with Crippen LogP contribution in [0.5, 0.6) is 0 Å². The van der Waals surface area contributed by atoms with Crippen LogP contribution in [-0.4, -0.2) is 103 Å². The number of pyridine rings is 1. The summed E-state index contributed by atoms with van der Waals surface area (Å²) in [6.07, 6.45) is 8.71. The van der Waals surface area contributed by atoms with Gasteiger partial charge in [0, 0.05) is 45.3 Å².